The Morgan fingerprint density at radius 3 is 2.48 bits per heavy atom. The van der Waals surface area contributed by atoms with Gasteiger partial charge in [0.2, 0.25) is 0 Å². The van der Waals surface area contributed by atoms with E-state index in [4.69, 9.17) is 5.73 Å². The van der Waals surface area contributed by atoms with Crippen molar-refractivity contribution >= 4 is 21.6 Å². The van der Waals surface area contributed by atoms with E-state index in [1.807, 2.05) is 0 Å². The normalized spacial score (nSPS) is 16.7. The van der Waals surface area contributed by atoms with Crippen molar-refractivity contribution in [2.45, 2.75) is 6.42 Å². The molecule has 1 aromatic carbocycles. The molecule has 0 aromatic heterocycles. The molecule has 21 heavy (non-hydrogen) atoms. The fourth-order valence-corrected chi connectivity index (χ4v) is 3.36. The quantitative estimate of drug-likeness (QED) is 0.842. The molecule has 2 N–H and O–H groups in total. The minimum absolute atomic E-state index is 0.705. The van der Waals surface area contributed by atoms with E-state index in [1.165, 1.54) is 15.7 Å². The van der Waals surface area contributed by atoms with Crippen molar-refractivity contribution in [2.75, 3.05) is 64.8 Å². The molecule has 5 heteroatoms. The van der Waals surface area contributed by atoms with Crippen LogP contribution in [-0.4, -0.2) is 69.7 Å². The molecule has 1 heterocycles. The summed E-state index contributed by atoms with van der Waals surface area (Å²) in [5.41, 5.74) is 8.23. The van der Waals surface area contributed by atoms with Crippen molar-refractivity contribution in [1.82, 2.24) is 9.80 Å². The fraction of sp³-hybridized carbons (Fsp3) is 0.625. The number of hydrogen-bond donors (Lipinski definition) is 1. The summed E-state index contributed by atoms with van der Waals surface area (Å²) in [6.07, 6.45) is 0.942. The summed E-state index contributed by atoms with van der Waals surface area (Å²) in [7, 11) is 4.27. The largest absolute Gasteiger partial charge is 0.368 e. The van der Waals surface area contributed by atoms with Gasteiger partial charge >= 0.3 is 0 Å². The van der Waals surface area contributed by atoms with Crippen molar-refractivity contribution in [3.63, 3.8) is 0 Å². The molecule has 1 aliphatic heterocycles. The second-order valence-electron chi connectivity index (χ2n) is 5.96. The highest BCUT2D eigenvalue weighted by atomic mass is 79.9. The average molecular weight is 355 g/mol. The van der Waals surface area contributed by atoms with E-state index in [9.17, 15) is 0 Å². The summed E-state index contributed by atoms with van der Waals surface area (Å²) in [5, 5.41) is 0. The fourth-order valence-electron chi connectivity index (χ4n) is 2.68. The standard InChI is InChI=1S/C16H27BrN4/c1-19(2)7-8-20-9-11-21(12-10-20)16-4-3-14(5-6-18)13-15(16)17/h3-4,13H,5-12,18H2,1-2H3. The number of hydrogen-bond acceptors (Lipinski definition) is 4. The Balaban J connectivity index is 1.90. The molecule has 0 bridgehead atoms. The van der Waals surface area contributed by atoms with E-state index < -0.39 is 0 Å². The van der Waals surface area contributed by atoms with Gasteiger partial charge in [-0.1, -0.05) is 6.07 Å². The lowest BCUT2D eigenvalue weighted by atomic mass is 10.1. The molecular weight excluding hydrogens is 328 g/mol. The molecule has 0 aliphatic carbocycles. The zero-order chi connectivity index (χ0) is 15.2. The number of anilines is 1. The predicted octanol–water partition coefficient (Wildman–Crippen LogP) is 1.63. The van der Waals surface area contributed by atoms with Gasteiger partial charge in [0.05, 0.1) is 5.69 Å². The third-order valence-electron chi connectivity index (χ3n) is 4.02. The molecule has 0 spiro atoms. The lowest BCUT2D eigenvalue weighted by Crippen LogP contribution is -2.48. The Kier molecular flexibility index (Phi) is 6.48. The smallest absolute Gasteiger partial charge is 0.0511 e. The number of rotatable bonds is 6. The molecule has 4 nitrogen and oxygen atoms in total. The van der Waals surface area contributed by atoms with Gasteiger partial charge in [-0.3, -0.25) is 4.90 Å². The monoisotopic (exact) mass is 354 g/mol. The Labute approximate surface area is 137 Å². The summed E-state index contributed by atoms with van der Waals surface area (Å²) >= 11 is 3.71. The van der Waals surface area contributed by atoms with Crippen molar-refractivity contribution in [1.29, 1.82) is 0 Å². The van der Waals surface area contributed by atoms with Crippen molar-refractivity contribution in [3.05, 3.63) is 28.2 Å². The second kappa shape index (κ2) is 8.13. The number of halogens is 1. The van der Waals surface area contributed by atoms with Gasteiger partial charge in [0, 0.05) is 43.7 Å². The lowest BCUT2D eigenvalue weighted by molar-refractivity contribution is 0.229. The minimum Gasteiger partial charge on any atom is -0.368 e. The lowest BCUT2D eigenvalue weighted by Gasteiger charge is -2.37. The van der Waals surface area contributed by atoms with Gasteiger partial charge in [0.25, 0.3) is 0 Å². The van der Waals surface area contributed by atoms with Crippen molar-refractivity contribution in [3.8, 4) is 0 Å². The van der Waals surface area contributed by atoms with Crippen LogP contribution in [0.1, 0.15) is 5.56 Å². The molecule has 2 rings (SSSR count). The van der Waals surface area contributed by atoms with E-state index >= 15 is 0 Å². The summed E-state index contributed by atoms with van der Waals surface area (Å²) in [6, 6.07) is 6.64. The highest BCUT2D eigenvalue weighted by Gasteiger charge is 2.18. The summed E-state index contributed by atoms with van der Waals surface area (Å²) < 4.78 is 1.19. The number of nitrogens with zero attached hydrogens (tertiary/aromatic N) is 3. The second-order valence-corrected chi connectivity index (χ2v) is 6.81. The maximum Gasteiger partial charge on any atom is 0.0511 e. The molecule has 0 unspecified atom stereocenters. The number of benzene rings is 1. The van der Waals surface area contributed by atoms with Crippen LogP contribution in [0.25, 0.3) is 0 Å². The third kappa shape index (κ3) is 4.95. The first-order chi connectivity index (χ1) is 10.1. The maximum atomic E-state index is 5.62. The highest BCUT2D eigenvalue weighted by molar-refractivity contribution is 9.10. The van der Waals surface area contributed by atoms with E-state index in [0.717, 1.165) is 45.7 Å². The first kappa shape index (κ1) is 16.7. The predicted molar refractivity (Wildman–Crippen MR) is 94.1 cm³/mol. The number of piperazine rings is 1. The molecule has 0 saturated carbocycles. The Hall–Kier alpha value is -0.620. The molecule has 118 valence electrons. The Bertz CT molecular complexity index is 442. The molecule has 0 atom stereocenters. The zero-order valence-corrected chi connectivity index (χ0v) is 14.8. The molecule has 1 saturated heterocycles. The van der Waals surface area contributed by atoms with Gasteiger partial charge in [-0.25, -0.2) is 0 Å². The van der Waals surface area contributed by atoms with E-state index in [-0.39, 0.29) is 0 Å². The van der Waals surface area contributed by atoms with Crippen LogP contribution in [0.3, 0.4) is 0 Å². The van der Waals surface area contributed by atoms with Crippen molar-refractivity contribution < 1.29 is 0 Å². The number of likely N-dealkylation sites (N-methyl/N-ethyl adjacent to an activating group) is 1. The third-order valence-corrected chi connectivity index (χ3v) is 4.66. The van der Waals surface area contributed by atoms with Crippen LogP contribution in [0.2, 0.25) is 0 Å². The van der Waals surface area contributed by atoms with Gasteiger partial charge in [0.1, 0.15) is 0 Å². The molecule has 1 aromatic rings. The molecule has 1 aliphatic rings. The van der Waals surface area contributed by atoms with E-state index in [0.29, 0.717) is 6.54 Å². The zero-order valence-electron chi connectivity index (χ0n) is 13.2. The molecule has 0 radical (unpaired) electrons. The van der Waals surface area contributed by atoms with Gasteiger partial charge in [0.15, 0.2) is 0 Å². The Morgan fingerprint density at radius 2 is 1.90 bits per heavy atom. The SMILES string of the molecule is CN(C)CCN1CCN(c2ccc(CCN)cc2Br)CC1. The minimum atomic E-state index is 0.705. The first-order valence-corrected chi connectivity index (χ1v) is 8.50. The van der Waals surface area contributed by atoms with Crippen LogP contribution in [0.5, 0.6) is 0 Å². The van der Waals surface area contributed by atoms with Gasteiger partial charge in [-0.05, 0) is 60.7 Å². The molecule has 1 fully saturated rings. The van der Waals surface area contributed by atoms with Crippen LogP contribution in [0.15, 0.2) is 22.7 Å². The van der Waals surface area contributed by atoms with E-state index in [2.05, 4.69) is 62.9 Å². The van der Waals surface area contributed by atoms with Gasteiger partial charge in [-0.15, -0.1) is 0 Å². The summed E-state index contributed by atoms with van der Waals surface area (Å²) in [4.78, 5) is 7.27. The van der Waals surface area contributed by atoms with Crippen LogP contribution < -0.4 is 10.6 Å². The van der Waals surface area contributed by atoms with Crippen molar-refractivity contribution in [2.24, 2.45) is 5.73 Å². The van der Waals surface area contributed by atoms with Gasteiger partial charge < -0.3 is 15.5 Å². The highest BCUT2D eigenvalue weighted by Crippen LogP contribution is 2.28. The Morgan fingerprint density at radius 1 is 1.19 bits per heavy atom. The van der Waals surface area contributed by atoms with Crippen LogP contribution in [-0.2, 0) is 6.42 Å². The summed E-state index contributed by atoms with van der Waals surface area (Å²) in [6.45, 7) is 7.49. The molecular formula is C16H27BrN4. The molecule has 0 amide bonds. The average Bonchev–Trinajstić information content (AvgIpc) is 2.46. The first-order valence-electron chi connectivity index (χ1n) is 7.70. The number of nitrogens with two attached hydrogens (primary N) is 1. The van der Waals surface area contributed by atoms with Crippen LogP contribution >= 0.6 is 15.9 Å². The van der Waals surface area contributed by atoms with Gasteiger partial charge in [-0.2, -0.15) is 0 Å². The summed E-state index contributed by atoms with van der Waals surface area (Å²) in [5.74, 6) is 0. The maximum absolute atomic E-state index is 5.62. The van der Waals surface area contributed by atoms with E-state index in [1.54, 1.807) is 0 Å². The topological polar surface area (TPSA) is 35.7 Å². The van der Waals surface area contributed by atoms with Crippen LogP contribution in [0.4, 0.5) is 5.69 Å². The van der Waals surface area contributed by atoms with Crippen LogP contribution in [0, 0.1) is 0 Å².